The summed E-state index contributed by atoms with van der Waals surface area (Å²) in [5.74, 6) is 0.522. The van der Waals surface area contributed by atoms with Crippen LogP contribution in [0.25, 0.3) is 10.9 Å². The van der Waals surface area contributed by atoms with Crippen molar-refractivity contribution in [3.63, 3.8) is 0 Å². The van der Waals surface area contributed by atoms with Gasteiger partial charge in [0.25, 0.3) is 0 Å². The number of benzene rings is 1. The molecule has 1 aliphatic heterocycles. The molecule has 0 spiro atoms. The topological polar surface area (TPSA) is 37.3 Å². The number of nitrogens with zero attached hydrogens (tertiary/aromatic N) is 2. The molecule has 1 atom stereocenters. The van der Waals surface area contributed by atoms with Crippen LogP contribution in [0.3, 0.4) is 0 Å². The molecule has 0 bridgehead atoms. The highest BCUT2D eigenvalue weighted by molar-refractivity contribution is 5.88. The number of piperazine rings is 1. The van der Waals surface area contributed by atoms with E-state index in [1.807, 2.05) is 0 Å². The molecular weight excluding hydrogens is 286 g/mol. The van der Waals surface area contributed by atoms with Gasteiger partial charge in [0.1, 0.15) is 0 Å². The highest BCUT2D eigenvalue weighted by Crippen LogP contribution is 2.34. The van der Waals surface area contributed by atoms with Gasteiger partial charge in [0, 0.05) is 55.7 Å². The molecule has 4 rings (SSSR count). The third-order valence-corrected chi connectivity index (χ3v) is 5.55. The maximum atomic E-state index is 12.9. The number of carbonyl (C=O) groups is 1. The van der Waals surface area contributed by atoms with Crippen molar-refractivity contribution >= 4 is 16.8 Å². The van der Waals surface area contributed by atoms with Crippen molar-refractivity contribution in [1.29, 1.82) is 0 Å². The Labute approximate surface area is 137 Å². The fraction of sp³-hybridized carbons (Fsp3) is 0.526. The second-order valence-electron chi connectivity index (χ2n) is 7.02. The van der Waals surface area contributed by atoms with Crippen LogP contribution in [0.2, 0.25) is 0 Å². The van der Waals surface area contributed by atoms with E-state index in [1.165, 1.54) is 27.7 Å². The lowest BCUT2D eigenvalue weighted by Gasteiger charge is -2.32. The summed E-state index contributed by atoms with van der Waals surface area (Å²) in [6, 6.07) is 6.68. The van der Waals surface area contributed by atoms with E-state index in [9.17, 15) is 4.79 Å². The number of aryl methyl sites for hydroxylation is 2. The maximum absolute atomic E-state index is 12.9. The van der Waals surface area contributed by atoms with E-state index in [2.05, 4.69) is 47.0 Å². The number of hydrogen-bond donors (Lipinski definition) is 1. The monoisotopic (exact) mass is 311 g/mol. The van der Waals surface area contributed by atoms with E-state index in [-0.39, 0.29) is 5.92 Å². The summed E-state index contributed by atoms with van der Waals surface area (Å²) in [5, 5.41) is 4.67. The molecule has 0 radical (unpaired) electrons. The van der Waals surface area contributed by atoms with Gasteiger partial charge in [0.2, 0.25) is 5.91 Å². The lowest BCUT2D eigenvalue weighted by atomic mass is 9.85. The first kappa shape index (κ1) is 14.8. The molecule has 1 aromatic heterocycles. The fourth-order valence-corrected chi connectivity index (χ4v) is 4.25. The standard InChI is InChI=1S/C19H25N3O/c1-13-3-5-17-15(11-13)16-12-14(4-6-18(16)21(17)2)19(23)22-9-7-20-8-10-22/h3,5,11,14,20H,4,6-10,12H2,1-2H3. The van der Waals surface area contributed by atoms with E-state index < -0.39 is 0 Å². The third-order valence-electron chi connectivity index (χ3n) is 5.55. The Kier molecular flexibility index (Phi) is 3.64. The summed E-state index contributed by atoms with van der Waals surface area (Å²) in [6.45, 7) is 5.72. The molecule has 2 heterocycles. The molecule has 4 nitrogen and oxygen atoms in total. The second kappa shape index (κ2) is 5.68. The predicted molar refractivity (Wildman–Crippen MR) is 92.6 cm³/mol. The first-order valence-electron chi connectivity index (χ1n) is 8.71. The van der Waals surface area contributed by atoms with Gasteiger partial charge in [0.15, 0.2) is 0 Å². The summed E-state index contributed by atoms with van der Waals surface area (Å²) in [4.78, 5) is 14.9. The molecule has 1 fully saturated rings. The number of aromatic nitrogens is 1. The largest absolute Gasteiger partial charge is 0.347 e. The van der Waals surface area contributed by atoms with Gasteiger partial charge in [-0.1, -0.05) is 11.6 Å². The normalized spacial score (nSPS) is 21.5. The Morgan fingerprint density at radius 3 is 2.83 bits per heavy atom. The van der Waals surface area contributed by atoms with E-state index in [4.69, 9.17) is 0 Å². The lowest BCUT2D eigenvalue weighted by molar-refractivity contribution is -0.136. The second-order valence-corrected chi connectivity index (χ2v) is 7.02. The smallest absolute Gasteiger partial charge is 0.226 e. The summed E-state index contributed by atoms with van der Waals surface area (Å²) >= 11 is 0. The number of carbonyl (C=O) groups excluding carboxylic acids is 1. The van der Waals surface area contributed by atoms with Gasteiger partial charge >= 0.3 is 0 Å². The predicted octanol–water partition coefficient (Wildman–Crippen LogP) is 2.02. The van der Waals surface area contributed by atoms with Gasteiger partial charge in [-0.3, -0.25) is 4.79 Å². The molecule has 2 aliphatic rings. The molecule has 1 unspecified atom stereocenters. The van der Waals surface area contributed by atoms with Crippen molar-refractivity contribution in [2.24, 2.45) is 13.0 Å². The summed E-state index contributed by atoms with van der Waals surface area (Å²) in [7, 11) is 2.16. The average molecular weight is 311 g/mol. The Balaban J connectivity index is 1.66. The quantitative estimate of drug-likeness (QED) is 0.875. The van der Waals surface area contributed by atoms with E-state index in [0.717, 1.165) is 45.4 Å². The highest BCUT2D eigenvalue weighted by Gasteiger charge is 2.31. The van der Waals surface area contributed by atoms with E-state index >= 15 is 0 Å². The Morgan fingerprint density at radius 1 is 1.26 bits per heavy atom. The highest BCUT2D eigenvalue weighted by atomic mass is 16.2. The fourth-order valence-electron chi connectivity index (χ4n) is 4.25. The van der Waals surface area contributed by atoms with Gasteiger partial charge in [-0.25, -0.2) is 0 Å². The summed E-state index contributed by atoms with van der Waals surface area (Å²) in [6.07, 6.45) is 2.90. The SMILES string of the molecule is Cc1ccc2c(c1)c1c(n2C)CCC(C(=O)N2CCNCC2)C1. The van der Waals surface area contributed by atoms with E-state index in [0.29, 0.717) is 5.91 Å². The van der Waals surface area contributed by atoms with Crippen LogP contribution >= 0.6 is 0 Å². The minimum atomic E-state index is 0.159. The van der Waals surface area contributed by atoms with Crippen LogP contribution < -0.4 is 5.32 Å². The molecule has 2 aromatic rings. The van der Waals surface area contributed by atoms with Crippen LogP contribution in [-0.4, -0.2) is 41.6 Å². The van der Waals surface area contributed by atoms with Crippen LogP contribution in [-0.2, 0) is 24.7 Å². The van der Waals surface area contributed by atoms with Gasteiger partial charge in [-0.05, 0) is 43.9 Å². The first-order chi connectivity index (χ1) is 11.1. The third kappa shape index (κ3) is 2.45. The van der Waals surface area contributed by atoms with E-state index in [1.54, 1.807) is 0 Å². The molecule has 1 aromatic carbocycles. The molecule has 4 heteroatoms. The molecule has 1 saturated heterocycles. The van der Waals surface area contributed by atoms with Gasteiger partial charge < -0.3 is 14.8 Å². The zero-order valence-electron chi connectivity index (χ0n) is 14.1. The molecule has 1 N–H and O–H groups in total. The average Bonchev–Trinajstić information content (AvgIpc) is 2.87. The minimum absolute atomic E-state index is 0.159. The summed E-state index contributed by atoms with van der Waals surface area (Å²) < 4.78 is 2.33. The van der Waals surface area contributed by atoms with Crippen molar-refractivity contribution in [2.75, 3.05) is 26.2 Å². The van der Waals surface area contributed by atoms with Gasteiger partial charge in [-0.15, -0.1) is 0 Å². The minimum Gasteiger partial charge on any atom is -0.347 e. The molecule has 0 saturated carbocycles. The maximum Gasteiger partial charge on any atom is 0.226 e. The molecular formula is C19H25N3O. The van der Waals surface area contributed by atoms with Crippen molar-refractivity contribution < 1.29 is 4.79 Å². The number of hydrogen-bond acceptors (Lipinski definition) is 2. The summed E-state index contributed by atoms with van der Waals surface area (Å²) in [5.41, 5.74) is 5.43. The Bertz CT molecular complexity index is 756. The van der Waals surface area contributed by atoms with Gasteiger partial charge in [-0.2, -0.15) is 0 Å². The lowest BCUT2D eigenvalue weighted by Crippen LogP contribution is -2.49. The Hall–Kier alpha value is -1.81. The van der Waals surface area contributed by atoms with Crippen LogP contribution in [0.15, 0.2) is 18.2 Å². The first-order valence-corrected chi connectivity index (χ1v) is 8.71. The van der Waals surface area contributed by atoms with Crippen molar-refractivity contribution in [1.82, 2.24) is 14.8 Å². The van der Waals surface area contributed by atoms with Crippen molar-refractivity contribution in [3.8, 4) is 0 Å². The molecule has 122 valence electrons. The van der Waals surface area contributed by atoms with Crippen LogP contribution in [0, 0.1) is 12.8 Å². The van der Waals surface area contributed by atoms with Crippen molar-refractivity contribution in [2.45, 2.75) is 26.2 Å². The van der Waals surface area contributed by atoms with Crippen molar-refractivity contribution in [3.05, 3.63) is 35.0 Å². The number of rotatable bonds is 1. The number of nitrogens with one attached hydrogen (secondary N) is 1. The molecule has 23 heavy (non-hydrogen) atoms. The zero-order chi connectivity index (χ0) is 16.0. The number of fused-ring (bicyclic) bond motifs is 3. The van der Waals surface area contributed by atoms with Crippen LogP contribution in [0.4, 0.5) is 0 Å². The molecule has 1 aliphatic carbocycles. The Morgan fingerprint density at radius 2 is 2.04 bits per heavy atom. The van der Waals surface area contributed by atoms with Crippen LogP contribution in [0.1, 0.15) is 23.2 Å². The number of amides is 1. The molecule has 1 amide bonds. The zero-order valence-corrected chi connectivity index (χ0v) is 14.1. The van der Waals surface area contributed by atoms with Gasteiger partial charge in [0.05, 0.1) is 0 Å². The van der Waals surface area contributed by atoms with Crippen LogP contribution in [0.5, 0.6) is 0 Å².